The first-order valence-electron chi connectivity index (χ1n) is 11.2. The SMILES string of the molecule is Cc1ccccc1C(=O)Nc1ccc(C(=O)N/N=C\c2ccccc2OCc2ccccc2)cc1. The van der Waals surface area contributed by atoms with Crippen LogP contribution >= 0.6 is 0 Å². The Morgan fingerprint density at radius 3 is 2.26 bits per heavy atom. The predicted molar refractivity (Wildman–Crippen MR) is 138 cm³/mol. The number of carbonyl (C=O) groups is 2. The van der Waals surface area contributed by atoms with Crippen LogP contribution in [0.4, 0.5) is 5.69 Å². The summed E-state index contributed by atoms with van der Waals surface area (Å²) in [6.07, 6.45) is 1.55. The van der Waals surface area contributed by atoms with Gasteiger partial charge in [-0.1, -0.05) is 60.7 Å². The number of carbonyl (C=O) groups excluding carboxylic acids is 2. The zero-order valence-corrected chi connectivity index (χ0v) is 19.3. The second kappa shape index (κ2) is 11.4. The summed E-state index contributed by atoms with van der Waals surface area (Å²) < 4.78 is 5.91. The monoisotopic (exact) mass is 463 g/mol. The fraction of sp³-hybridized carbons (Fsp3) is 0.0690. The van der Waals surface area contributed by atoms with Crippen LogP contribution in [0.2, 0.25) is 0 Å². The van der Waals surface area contributed by atoms with Gasteiger partial charge in [0.2, 0.25) is 0 Å². The van der Waals surface area contributed by atoms with Crippen LogP contribution in [0.5, 0.6) is 5.75 Å². The highest BCUT2D eigenvalue weighted by molar-refractivity contribution is 6.05. The minimum absolute atomic E-state index is 0.196. The van der Waals surface area contributed by atoms with Crippen LogP contribution in [0.15, 0.2) is 108 Å². The predicted octanol–water partition coefficient (Wildman–Crippen LogP) is 5.59. The van der Waals surface area contributed by atoms with Gasteiger partial charge in [-0.15, -0.1) is 0 Å². The van der Waals surface area contributed by atoms with E-state index in [4.69, 9.17) is 4.74 Å². The molecule has 35 heavy (non-hydrogen) atoms. The molecule has 0 saturated carbocycles. The molecule has 0 bridgehead atoms. The van der Waals surface area contributed by atoms with Crippen LogP contribution < -0.4 is 15.5 Å². The van der Waals surface area contributed by atoms with E-state index in [9.17, 15) is 9.59 Å². The second-order valence-corrected chi connectivity index (χ2v) is 7.86. The van der Waals surface area contributed by atoms with Gasteiger partial charge < -0.3 is 10.1 Å². The summed E-state index contributed by atoms with van der Waals surface area (Å²) in [4.78, 5) is 25.0. The Morgan fingerprint density at radius 1 is 0.800 bits per heavy atom. The molecule has 2 amide bonds. The molecule has 0 radical (unpaired) electrons. The maximum Gasteiger partial charge on any atom is 0.271 e. The van der Waals surface area contributed by atoms with Gasteiger partial charge in [0.25, 0.3) is 11.8 Å². The Labute approximate surface area is 204 Å². The van der Waals surface area contributed by atoms with Crippen molar-refractivity contribution in [2.75, 3.05) is 5.32 Å². The molecule has 174 valence electrons. The summed E-state index contributed by atoms with van der Waals surface area (Å²) in [5.74, 6) is 0.113. The Kier molecular flexibility index (Phi) is 7.66. The molecule has 2 N–H and O–H groups in total. The molecule has 0 saturated heterocycles. The van der Waals surface area contributed by atoms with E-state index in [0.717, 1.165) is 16.7 Å². The minimum Gasteiger partial charge on any atom is -0.488 e. The standard InChI is InChI=1S/C29H25N3O3/c1-21-9-5-7-13-26(21)29(34)31-25-17-15-23(16-18-25)28(33)32-30-19-24-12-6-8-14-27(24)35-20-22-10-3-2-4-11-22/h2-19H,20H2,1H3,(H,31,34)(H,32,33)/b30-19-. The van der Waals surface area contributed by atoms with Gasteiger partial charge >= 0.3 is 0 Å². The lowest BCUT2D eigenvalue weighted by atomic mass is 10.1. The summed E-state index contributed by atoms with van der Waals surface area (Å²) in [6.45, 7) is 2.32. The molecular weight excluding hydrogens is 438 g/mol. The first kappa shape index (κ1) is 23.4. The number of hydrogen-bond donors (Lipinski definition) is 2. The van der Waals surface area contributed by atoms with Gasteiger partial charge in [0.1, 0.15) is 12.4 Å². The Hall–Kier alpha value is -4.71. The van der Waals surface area contributed by atoms with E-state index in [1.807, 2.05) is 79.7 Å². The number of hydrogen-bond acceptors (Lipinski definition) is 4. The van der Waals surface area contributed by atoms with E-state index in [2.05, 4.69) is 15.8 Å². The van der Waals surface area contributed by atoms with E-state index < -0.39 is 0 Å². The molecule has 0 spiro atoms. The van der Waals surface area contributed by atoms with Gasteiger partial charge in [-0.3, -0.25) is 9.59 Å². The maximum atomic E-state index is 12.5. The molecule has 0 atom stereocenters. The third-order valence-corrected chi connectivity index (χ3v) is 5.32. The summed E-state index contributed by atoms with van der Waals surface area (Å²) >= 11 is 0. The lowest BCUT2D eigenvalue weighted by Gasteiger charge is -2.09. The maximum absolute atomic E-state index is 12.5. The molecule has 0 aliphatic rings. The van der Waals surface area contributed by atoms with Crippen molar-refractivity contribution in [1.29, 1.82) is 0 Å². The van der Waals surface area contributed by atoms with Crippen molar-refractivity contribution in [2.24, 2.45) is 5.10 Å². The van der Waals surface area contributed by atoms with Crippen LogP contribution in [0, 0.1) is 6.92 Å². The molecule has 4 aromatic rings. The topological polar surface area (TPSA) is 79.8 Å². The van der Waals surface area contributed by atoms with Crippen molar-refractivity contribution < 1.29 is 14.3 Å². The molecule has 4 aromatic carbocycles. The van der Waals surface area contributed by atoms with E-state index in [-0.39, 0.29) is 11.8 Å². The highest BCUT2D eigenvalue weighted by atomic mass is 16.5. The lowest BCUT2D eigenvalue weighted by molar-refractivity contribution is 0.0954. The van der Waals surface area contributed by atoms with E-state index in [0.29, 0.717) is 29.2 Å². The quantitative estimate of drug-likeness (QED) is 0.264. The number of anilines is 1. The second-order valence-electron chi connectivity index (χ2n) is 7.86. The highest BCUT2D eigenvalue weighted by Crippen LogP contribution is 2.18. The van der Waals surface area contributed by atoms with E-state index in [1.165, 1.54) is 0 Å². The Bertz CT molecular complexity index is 1330. The van der Waals surface area contributed by atoms with Crippen LogP contribution in [-0.2, 0) is 6.61 Å². The number of amides is 2. The molecule has 0 unspecified atom stereocenters. The summed E-state index contributed by atoms with van der Waals surface area (Å²) in [7, 11) is 0. The van der Waals surface area contributed by atoms with Gasteiger partial charge in [0.05, 0.1) is 6.21 Å². The van der Waals surface area contributed by atoms with Gasteiger partial charge in [-0.05, 0) is 60.5 Å². The van der Waals surface area contributed by atoms with Crippen molar-refractivity contribution >= 4 is 23.7 Å². The van der Waals surface area contributed by atoms with E-state index in [1.54, 1.807) is 36.5 Å². The Morgan fingerprint density at radius 2 is 1.49 bits per heavy atom. The average molecular weight is 464 g/mol. The smallest absolute Gasteiger partial charge is 0.271 e. The number of nitrogens with zero attached hydrogens (tertiary/aromatic N) is 1. The van der Waals surface area contributed by atoms with Crippen LogP contribution in [0.3, 0.4) is 0 Å². The zero-order valence-electron chi connectivity index (χ0n) is 19.3. The number of aryl methyl sites for hydroxylation is 1. The average Bonchev–Trinajstić information content (AvgIpc) is 2.89. The van der Waals surface area contributed by atoms with Gasteiger partial charge in [-0.2, -0.15) is 5.10 Å². The molecule has 4 rings (SSSR count). The molecule has 0 aliphatic carbocycles. The molecule has 0 fully saturated rings. The molecule has 0 heterocycles. The third-order valence-electron chi connectivity index (χ3n) is 5.32. The first-order chi connectivity index (χ1) is 17.1. The summed E-state index contributed by atoms with van der Waals surface area (Å²) in [6, 6.07) is 31.4. The molecule has 6 nitrogen and oxygen atoms in total. The van der Waals surface area contributed by atoms with Gasteiger partial charge in [-0.25, -0.2) is 5.43 Å². The molecule has 6 heteroatoms. The first-order valence-corrected chi connectivity index (χ1v) is 11.2. The van der Waals surface area contributed by atoms with Crippen LogP contribution in [-0.4, -0.2) is 18.0 Å². The molecule has 0 aliphatic heterocycles. The third kappa shape index (κ3) is 6.42. The minimum atomic E-state index is -0.360. The van der Waals surface area contributed by atoms with Gasteiger partial charge in [0.15, 0.2) is 0 Å². The number of rotatable bonds is 8. The fourth-order valence-corrected chi connectivity index (χ4v) is 3.41. The number of nitrogens with one attached hydrogen (secondary N) is 2. The van der Waals surface area contributed by atoms with Crippen molar-refractivity contribution in [3.63, 3.8) is 0 Å². The number of ether oxygens (including phenoxy) is 1. The van der Waals surface area contributed by atoms with Crippen molar-refractivity contribution in [3.05, 3.63) is 131 Å². The number of hydrazone groups is 1. The molecular formula is C29H25N3O3. The van der Waals surface area contributed by atoms with E-state index >= 15 is 0 Å². The van der Waals surface area contributed by atoms with Crippen LogP contribution in [0.1, 0.15) is 37.4 Å². The normalized spacial score (nSPS) is 10.7. The largest absolute Gasteiger partial charge is 0.488 e. The van der Waals surface area contributed by atoms with Gasteiger partial charge in [0, 0.05) is 22.4 Å². The lowest BCUT2D eigenvalue weighted by Crippen LogP contribution is -2.18. The van der Waals surface area contributed by atoms with Crippen molar-refractivity contribution in [2.45, 2.75) is 13.5 Å². The summed E-state index contributed by atoms with van der Waals surface area (Å²) in [5, 5.41) is 6.93. The number of para-hydroxylation sites is 1. The van der Waals surface area contributed by atoms with Crippen molar-refractivity contribution in [3.8, 4) is 5.75 Å². The number of benzene rings is 4. The summed E-state index contributed by atoms with van der Waals surface area (Å²) in [5.41, 5.74) is 6.86. The van der Waals surface area contributed by atoms with Crippen LogP contribution in [0.25, 0.3) is 0 Å². The Balaban J connectivity index is 1.34. The zero-order chi connectivity index (χ0) is 24.5. The highest BCUT2D eigenvalue weighted by Gasteiger charge is 2.10. The fourth-order valence-electron chi connectivity index (χ4n) is 3.41. The van der Waals surface area contributed by atoms with Crippen molar-refractivity contribution in [1.82, 2.24) is 5.43 Å². The molecule has 0 aromatic heterocycles.